The Labute approximate surface area is 115 Å². The first kappa shape index (κ1) is 14.0. The molecule has 7 heteroatoms. The number of amides is 2. The number of piperidine rings is 1. The van der Waals surface area contributed by atoms with Gasteiger partial charge in [0.15, 0.2) is 5.84 Å². The smallest absolute Gasteiger partial charge is 0.243 e. The quantitative estimate of drug-likeness (QED) is 0.198. The van der Waals surface area contributed by atoms with E-state index in [2.05, 4.69) is 15.8 Å². The van der Waals surface area contributed by atoms with Crippen LogP contribution >= 0.6 is 0 Å². The Morgan fingerprint density at radius 3 is 2.90 bits per heavy atom. The van der Waals surface area contributed by atoms with Gasteiger partial charge in [-0.1, -0.05) is 29.4 Å². The molecule has 5 N–H and O–H groups in total. The van der Waals surface area contributed by atoms with Gasteiger partial charge < -0.3 is 16.3 Å². The molecule has 2 amide bonds. The Morgan fingerprint density at radius 2 is 2.20 bits per heavy atom. The summed E-state index contributed by atoms with van der Waals surface area (Å²) in [6, 6.07) is 6.76. The van der Waals surface area contributed by atoms with Gasteiger partial charge in [-0.15, -0.1) is 0 Å². The topological polar surface area (TPSA) is 117 Å². The minimum absolute atomic E-state index is 0.0191. The van der Waals surface area contributed by atoms with Crippen LogP contribution in [0, 0.1) is 0 Å². The molecule has 0 aliphatic carbocycles. The fraction of sp³-hybridized carbons (Fsp3) is 0.308. The predicted octanol–water partition coefficient (Wildman–Crippen LogP) is -0.324. The van der Waals surface area contributed by atoms with E-state index in [4.69, 9.17) is 10.9 Å². The number of oxime groups is 1. The van der Waals surface area contributed by atoms with Crippen molar-refractivity contribution in [3.8, 4) is 0 Å². The highest BCUT2D eigenvalue weighted by Gasteiger charge is 2.26. The number of carbonyl (C=O) groups is 2. The van der Waals surface area contributed by atoms with Crippen LogP contribution in [0.1, 0.15) is 24.0 Å². The van der Waals surface area contributed by atoms with Gasteiger partial charge in [-0.3, -0.25) is 14.9 Å². The van der Waals surface area contributed by atoms with Gasteiger partial charge in [-0.25, -0.2) is 0 Å². The highest BCUT2D eigenvalue weighted by molar-refractivity contribution is 6.00. The molecule has 1 saturated heterocycles. The average molecular weight is 276 g/mol. The second-order valence-electron chi connectivity index (χ2n) is 4.53. The number of carbonyl (C=O) groups excluding carboxylic acids is 2. The van der Waals surface area contributed by atoms with Crippen LogP contribution in [-0.4, -0.2) is 28.9 Å². The first-order valence-corrected chi connectivity index (χ1v) is 6.24. The van der Waals surface area contributed by atoms with E-state index in [-0.39, 0.29) is 17.6 Å². The molecule has 1 fully saturated rings. The van der Waals surface area contributed by atoms with Crippen LogP contribution in [0.25, 0.3) is 0 Å². The van der Waals surface area contributed by atoms with Crippen LogP contribution in [0.4, 0.5) is 0 Å². The molecular formula is C13H16N4O3. The van der Waals surface area contributed by atoms with Gasteiger partial charge in [-0.05, 0) is 12.0 Å². The molecule has 1 aliphatic heterocycles. The Hall–Kier alpha value is -2.41. The number of amidine groups is 1. The maximum absolute atomic E-state index is 11.6. The first-order chi connectivity index (χ1) is 9.61. The van der Waals surface area contributed by atoms with Crippen LogP contribution in [0.3, 0.4) is 0 Å². The van der Waals surface area contributed by atoms with E-state index in [1.807, 2.05) is 12.1 Å². The van der Waals surface area contributed by atoms with E-state index in [1.54, 1.807) is 12.1 Å². The zero-order valence-corrected chi connectivity index (χ0v) is 10.8. The number of benzene rings is 1. The summed E-state index contributed by atoms with van der Waals surface area (Å²) in [6.45, 7) is 0.388. The molecule has 0 aromatic heterocycles. The molecule has 106 valence electrons. The van der Waals surface area contributed by atoms with E-state index in [0.717, 1.165) is 5.56 Å². The number of nitrogens with one attached hydrogen (secondary N) is 2. The Kier molecular flexibility index (Phi) is 4.31. The summed E-state index contributed by atoms with van der Waals surface area (Å²) in [7, 11) is 0. The SMILES string of the molecule is NC(=NO)c1ccccc1CNC1CCC(=O)NC1=O. The largest absolute Gasteiger partial charge is 0.409 e. The molecule has 1 aliphatic rings. The molecule has 1 atom stereocenters. The van der Waals surface area contributed by atoms with Crippen molar-refractivity contribution < 1.29 is 14.8 Å². The molecule has 1 heterocycles. The highest BCUT2D eigenvalue weighted by atomic mass is 16.4. The number of nitrogens with zero attached hydrogens (tertiary/aromatic N) is 1. The van der Waals surface area contributed by atoms with Crippen LogP contribution in [0.15, 0.2) is 29.4 Å². The predicted molar refractivity (Wildman–Crippen MR) is 72.0 cm³/mol. The number of rotatable bonds is 4. The van der Waals surface area contributed by atoms with Crippen molar-refractivity contribution in [3.63, 3.8) is 0 Å². The lowest BCUT2D eigenvalue weighted by atomic mass is 10.0. The molecule has 1 aromatic carbocycles. The zero-order valence-electron chi connectivity index (χ0n) is 10.8. The lowest BCUT2D eigenvalue weighted by Crippen LogP contribution is -2.50. The van der Waals surface area contributed by atoms with E-state index in [9.17, 15) is 9.59 Å². The molecule has 0 spiro atoms. The number of nitrogens with two attached hydrogens (primary N) is 1. The Balaban J connectivity index is 2.04. The zero-order chi connectivity index (χ0) is 14.5. The van der Waals surface area contributed by atoms with Crippen molar-refractivity contribution >= 4 is 17.6 Å². The fourth-order valence-electron chi connectivity index (χ4n) is 2.10. The second-order valence-corrected chi connectivity index (χ2v) is 4.53. The monoisotopic (exact) mass is 276 g/mol. The van der Waals surface area contributed by atoms with Crippen LogP contribution in [0.5, 0.6) is 0 Å². The molecule has 0 saturated carbocycles. The Bertz CT molecular complexity index is 556. The standard InChI is InChI=1S/C13H16N4O3/c14-12(17-20)9-4-2-1-3-8(9)7-15-10-5-6-11(18)16-13(10)19/h1-4,10,15,20H,5-7H2,(H2,14,17)(H,16,18,19). The van der Waals surface area contributed by atoms with E-state index < -0.39 is 6.04 Å². The summed E-state index contributed by atoms with van der Waals surface area (Å²) < 4.78 is 0. The van der Waals surface area contributed by atoms with E-state index >= 15 is 0 Å². The summed E-state index contributed by atoms with van der Waals surface area (Å²) in [5.41, 5.74) is 7.02. The van der Waals surface area contributed by atoms with Gasteiger partial charge in [0.2, 0.25) is 11.8 Å². The summed E-state index contributed by atoms with van der Waals surface area (Å²) in [6.07, 6.45) is 0.793. The lowest BCUT2D eigenvalue weighted by Gasteiger charge is -2.22. The number of hydrogen-bond donors (Lipinski definition) is 4. The van der Waals surface area contributed by atoms with Crippen molar-refractivity contribution in [1.29, 1.82) is 0 Å². The maximum atomic E-state index is 11.6. The van der Waals surface area contributed by atoms with Crippen molar-refractivity contribution in [2.24, 2.45) is 10.9 Å². The lowest BCUT2D eigenvalue weighted by molar-refractivity contribution is -0.134. The summed E-state index contributed by atoms with van der Waals surface area (Å²) >= 11 is 0. The van der Waals surface area contributed by atoms with Crippen LogP contribution in [0.2, 0.25) is 0 Å². The second kappa shape index (κ2) is 6.16. The molecule has 20 heavy (non-hydrogen) atoms. The van der Waals surface area contributed by atoms with Gasteiger partial charge in [0.1, 0.15) is 0 Å². The average Bonchev–Trinajstić information content (AvgIpc) is 2.46. The van der Waals surface area contributed by atoms with Gasteiger partial charge in [0, 0.05) is 18.5 Å². The van der Waals surface area contributed by atoms with Crippen molar-refractivity contribution in [1.82, 2.24) is 10.6 Å². The van der Waals surface area contributed by atoms with E-state index in [0.29, 0.717) is 24.9 Å². The van der Waals surface area contributed by atoms with Gasteiger partial charge in [0.25, 0.3) is 0 Å². The van der Waals surface area contributed by atoms with Gasteiger partial charge in [-0.2, -0.15) is 0 Å². The third kappa shape index (κ3) is 3.12. The number of hydrogen-bond acceptors (Lipinski definition) is 5. The van der Waals surface area contributed by atoms with Crippen molar-refractivity contribution in [3.05, 3.63) is 35.4 Å². The number of imide groups is 1. The molecule has 1 aromatic rings. The van der Waals surface area contributed by atoms with Crippen LogP contribution in [-0.2, 0) is 16.1 Å². The first-order valence-electron chi connectivity index (χ1n) is 6.24. The van der Waals surface area contributed by atoms with E-state index in [1.165, 1.54) is 0 Å². The molecule has 0 bridgehead atoms. The van der Waals surface area contributed by atoms with Gasteiger partial charge in [0.05, 0.1) is 6.04 Å². The summed E-state index contributed by atoms with van der Waals surface area (Å²) in [4.78, 5) is 22.7. The van der Waals surface area contributed by atoms with Gasteiger partial charge >= 0.3 is 0 Å². The molecule has 1 unspecified atom stereocenters. The molecule has 7 nitrogen and oxygen atoms in total. The minimum Gasteiger partial charge on any atom is -0.409 e. The Morgan fingerprint density at radius 1 is 1.45 bits per heavy atom. The summed E-state index contributed by atoms with van der Waals surface area (Å²) in [5.74, 6) is -0.543. The molecule has 2 rings (SSSR count). The minimum atomic E-state index is -0.409. The fourth-order valence-corrected chi connectivity index (χ4v) is 2.10. The van der Waals surface area contributed by atoms with Crippen molar-refractivity contribution in [2.75, 3.05) is 0 Å². The molecule has 0 radical (unpaired) electrons. The summed E-state index contributed by atoms with van der Waals surface area (Å²) in [5, 5.41) is 17.1. The maximum Gasteiger partial charge on any atom is 0.243 e. The molecular weight excluding hydrogens is 260 g/mol. The third-order valence-corrected chi connectivity index (χ3v) is 3.18. The highest BCUT2D eigenvalue weighted by Crippen LogP contribution is 2.10. The third-order valence-electron chi connectivity index (χ3n) is 3.18. The van der Waals surface area contributed by atoms with Crippen LogP contribution < -0.4 is 16.4 Å². The van der Waals surface area contributed by atoms with Crippen molar-refractivity contribution in [2.45, 2.75) is 25.4 Å². The normalized spacial score (nSPS) is 19.8.